The van der Waals surface area contributed by atoms with E-state index in [0.717, 1.165) is 20.4 Å². The smallest absolute Gasteiger partial charge is 0.0331 e. The molecule has 1 aromatic heterocycles. The summed E-state index contributed by atoms with van der Waals surface area (Å²) in [6, 6.07) is 8.07. The molecule has 1 nitrogen and oxygen atoms in total. The molecule has 2 N–H and O–H groups in total. The number of benzene rings is 1. The zero-order valence-electron chi connectivity index (χ0n) is 8.24. The highest BCUT2D eigenvalue weighted by molar-refractivity contribution is 9.10. The van der Waals surface area contributed by atoms with E-state index in [4.69, 9.17) is 5.73 Å². The molecule has 0 amide bonds. The van der Waals surface area contributed by atoms with Crippen molar-refractivity contribution in [3.8, 4) is 0 Å². The Bertz CT molecular complexity index is 496. The molecule has 84 valence electrons. The van der Waals surface area contributed by atoms with Crippen LogP contribution >= 0.6 is 55.0 Å². The second kappa shape index (κ2) is 5.58. The van der Waals surface area contributed by atoms with Crippen LogP contribution in [-0.2, 0) is 5.75 Å². The van der Waals surface area contributed by atoms with E-state index in [1.807, 2.05) is 30.0 Å². The molecule has 0 radical (unpaired) electrons. The van der Waals surface area contributed by atoms with Gasteiger partial charge < -0.3 is 5.73 Å². The van der Waals surface area contributed by atoms with E-state index >= 15 is 0 Å². The Balaban J connectivity index is 2.04. The van der Waals surface area contributed by atoms with Crippen LogP contribution in [0, 0.1) is 0 Å². The summed E-state index contributed by atoms with van der Waals surface area (Å²) in [5.41, 5.74) is 6.48. The zero-order chi connectivity index (χ0) is 11.5. The largest absolute Gasteiger partial charge is 0.399 e. The van der Waals surface area contributed by atoms with E-state index < -0.39 is 0 Å². The van der Waals surface area contributed by atoms with Crippen molar-refractivity contribution in [2.24, 2.45) is 0 Å². The fourth-order valence-corrected chi connectivity index (χ4v) is 4.38. The Labute approximate surface area is 120 Å². The average Bonchev–Trinajstić information content (AvgIpc) is 2.63. The molecule has 16 heavy (non-hydrogen) atoms. The number of thioether (sulfide) groups is 1. The summed E-state index contributed by atoms with van der Waals surface area (Å²) in [5.74, 6) is 0.985. The van der Waals surface area contributed by atoms with Crippen LogP contribution in [-0.4, -0.2) is 0 Å². The number of nitrogens with two attached hydrogens (primary N) is 1. The molecule has 1 aromatic carbocycles. The predicted molar refractivity (Wildman–Crippen MR) is 80.1 cm³/mol. The highest BCUT2D eigenvalue weighted by atomic mass is 79.9. The van der Waals surface area contributed by atoms with Gasteiger partial charge in [0.2, 0.25) is 0 Å². The first-order valence-corrected chi connectivity index (χ1v) is 8.01. The minimum Gasteiger partial charge on any atom is -0.399 e. The van der Waals surface area contributed by atoms with Gasteiger partial charge in [0.15, 0.2) is 0 Å². The van der Waals surface area contributed by atoms with Crippen molar-refractivity contribution < 1.29 is 0 Å². The molecule has 1 heterocycles. The Morgan fingerprint density at radius 2 is 2.06 bits per heavy atom. The summed E-state index contributed by atoms with van der Waals surface area (Å²) < 4.78 is 2.22. The topological polar surface area (TPSA) is 26.0 Å². The Kier molecular flexibility index (Phi) is 4.35. The highest BCUT2D eigenvalue weighted by Crippen LogP contribution is 2.33. The standard InChI is InChI=1S/C11H9Br2NS2/c12-7-3-9(15-5-7)6-16-11-2-1-8(14)4-10(11)13/h1-5H,6,14H2. The van der Waals surface area contributed by atoms with E-state index in [2.05, 4.69) is 43.3 Å². The number of anilines is 1. The second-order valence-corrected chi connectivity index (χ2v) is 6.99. The molecule has 0 aliphatic carbocycles. The summed E-state index contributed by atoms with van der Waals surface area (Å²) in [6.45, 7) is 0. The van der Waals surface area contributed by atoms with E-state index in [1.54, 1.807) is 11.3 Å². The maximum Gasteiger partial charge on any atom is 0.0331 e. The molecule has 2 rings (SSSR count). The molecular formula is C11H9Br2NS2. The first kappa shape index (κ1) is 12.5. The third-order valence-electron chi connectivity index (χ3n) is 1.95. The van der Waals surface area contributed by atoms with Gasteiger partial charge in [0.05, 0.1) is 0 Å². The van der Waals surface area contributed by atoms with Crippen LogP contribution in [0.3, 0.4) is 0 Å². The van der Waals surface area contributed by atoms with Gasteiger partial charge >= 0.3 is 0 Å². The quantitative estimate of drug-likeness (QED) is 0.590. The van der Waals surface area contributed by atoms with Crippen LogP contribution in [0.4, 0.5) is 5.69 Å². The summed E-state index contributed by atoms with van der Waals surface area (Å²) in [4.78, 5) is 2.58. The highest BCUT2D eigenvalue weighted by Gasteiger charge is 2.03. The van der Waals surface area contributed by atoms with Crippen LogP contribution in [0.5, 0.6) is 0 Å². The lowest BCUT2D eigenvalue weighted by molar-refractivity contribution is 1.39. The third kappa shape index (κ3) is 3.26. The number of halogens is 2. The van der Waals surface area contributed by atoms with Crippen molar-refractivity contribution in [1.29, 1.82) is 0 Å². The summed E-state index contributed by atoms with van der Waals surface area (Å²) >= 11 is 10.6. The van der Waals surface area contributed by atoms with Gasteiger partial charge in [0, 0.05) is 35.5 Å². The fraction of sp³-hybridized carbons (Fsp3) is 0.0909. The van der Waals surface area contributed by atoms with Crippen LogP contribution in [0.25, 0.3) is 0 Å². The van der Waals surface area contributed by atoms with E-state index in [0.29, 0.717) is 0 Å². The van der Waals surface area contributed by atoms with Crippen molar-refractivity contribution in [1.82, 2.24) is 0 Å². The third-order valence-corrected chi connectivity index (χ3v) is 5.87. The van der Waals surface area contributed by atoms with Gasteiger partial charge in [-0.05, 0) is 56.1 Å². The van der Waals surface area contributed by atoms with Crippen molar-refractivity contribution in [2.45, 2.75) is 10.6 Å². The molecule has 0 aliphatic rings. The molecule has 5 heteroatoms. The zero-order valence-corrected chi connectivity index (χ0v) is 13.0. The van der Waals surface area contributed by atoms with E-state index in [9.17, 15) is 0 Å². The van der Waals surface area contributed by atoms with E-state index in [1.165, 1.54) is 9.77 Å². The average molecular weight is 379 g/mol. The summed E-state index contributed by atoms with van der Waals surface area (Å²) in [7, 11) is 0. The first-order valence-electron chi connectivity index (χ1n) is 4.56. The Morgan fingerprint density at radius 1 is 1.25 bits per heavy atom. The Morgan fingerprint density at radius 3 is 2.69 bits per heavy atom. The van der Waals surface area contributed by atoms with Crippen molar-refractivity contribution in [3.05, 3.63) is 43.5 Å². The van der Waals surface area contributed by atoms with Crippen molar-refractivity contribution >= 4 is 60.6 Å². The van der Waals surface area contributed by atoms with Gasteiger partial charge in [-0.2, -0.15) is 0 Å². The molecule has 0 aliphatic heterocycles. The van der Waals surface area contributed by atoms with Gasteiger partial charge in [0.25, 0.3) is 0 Å². The molecule has 0 unspecified atom stereocenters. The Hall–Kier alpha value is 0.0300. The monoisotopic (exact) mass is 377 g/mol. The second-order valence-electron chi connectivity index (χ2n) is 3.21. The number of nitrogen functional groups attached to an aromatic ring is 1. The minimum atomic E-state index is 0.787. The van der Waals surface area contributed by atoms with Crippen LogP contribution in [0.1, 0.15) is 4.88 Å². The van der Waals surface area contributed by atoms with Crippen LogP contribution in [0.15, 0.2) is 43.5 Å². The molecule has 0 bridgehead atoms. The number of hydrogen-bond acceptors (Lipinski definition) is 3. The van der Waals surface area contributed by atoms with Crippen molar-refractivity contribution in [3.63, 3.8) is 0 Å². The lowest BCUT2D eigenvalue weighted by Crippen LogP contribution is -1.85. The minimum absolute atomic E-state index is 0.787. The molecule has 0 saturated carbocycles. The normalized spacial score (nSPS) is 10.6. The lowest BCUT2D eigenvalue weighted by atomic mass is 10.3. The van der Waals surface area contributed by atoms with Crippen molar-refractivity contribution in [2.75, 3.05) is 5.73 Å². The molecular weight excluding hydrogens is 370 g/mol. The fourth-order valence-electron chi connectivity index (χ4n) is 1.21. The lowest BCUT2D eigenvalue weighted by Gasteiger charge is -2.03. The number of rotatable bonds is 3. The summed E-state index contributed by atoms with van der Waals surface area (Å²) in [6.07, 6.45) is 0. The molecule has 0 saturated heterocycles. The SMILES string of the molecule is Nc1ccc(SCc2cc(Br)cs2)c(Br)c1. The predicted octanol–water partition coefficient (Wildman–Crippen LogP) is 5.15. The van der Waals surface area contributed by atoms with Crippen LogP contribution < -0.4 is 5.73 Å². The van der Waals surface area contributed by atoms with Gasteiger partial charge in [-0.15, -0.1) is 23.1 Å². The van der Waals surface area contributed by atoms with Gasteiger partial charge in [0.1, 0.15) is 0 Å². The van der Waals surface area contributed by atoms with Gasteiger partial charge in [-0.25, -0.2) is 0 Å². The number of hydrogen-bond donors (Lipinski definition) is 1. The molecule has 0 fully saturated rings. The van der Waals surface area contributed by atoms with Crippen LogP contribution in [0.2, 0.25) is 0 Å². The van der Waals surface area contributed by atoms with Gasteiger partial charge in [-0.3, -0.25) is 0 Å². The first-order chi connectivity index (χ1) is 7.65. The van der Waals surface area contributed by atoms with Gasteiger partial charge in [-0.1, -0.05) is 0 Å². The molecule has 0 atom stereocenters. The van der Waals surface area contributed by atoms with E-state index in [-0.39, 0.29) is 0 Å². The number of thiophene rings is 1. The summed E-state index contributed by atoms with van der Waals surface area (Å²) in [5, 5.41) is 2.11. The molecule has 2 aromatic rings. The molecule has 0 spiro atoms. The maximum atomic E-state index is 5.69. The maximum absolute atomic E-state index is 5.69.